The van der Waals surface area contributed by atoms with Crippen LogP contribution in [0.5, 0.6) is 0 Å². The van der Waals surface area contributed by atoms with Gasteiger partial charge in [-0.25, -0.2) is 4.68 Å². The summed E-state index contributed by atoms with van der Waals surface area (Å²) in [6.45, 7) is 0.927. The molecule has 0 saturated carbocycles. The molecule has 0 saturated heterocycles. The van der Waals surface area contributed by atoms with Gasteiger partial charge in [0.1, 0.15) is 12.1 Å². The van der Waals surface area contributed by atoms with Gasteiger partial charge in [-0.2, -0.15) is 0 Å². The van der Waals surface area contributed by atoms with Gasteiger partial charge in [0.05, 0.1) is 5.52 Å². The summed E-state index contributed by atoms with van der Waals surface area (Å²) in [6.07, 6.45) is 8.24. The second-order valence-corrected chi connectivity index (χ2v) is 5.44. The molecule has 0 bridgehead atoms. The van der Waals surface area contributed by atoms with Gasteiger partial charge in [0, 0.05) is 6.54 Å². The van der Waals surface area contributed by atoms with Crippen molar-refractivity contribution in [3.05, 3.63) is 35.9 Å². The highest BCUT2D eigenvalue weighted by molar-refractivity contribution is 5.79. The Morgan fingerprint density at radius 2 is 2.19 bits per heavy atom. The molecule has 1 aliphatic rings. The molecule has 1 aromatic carbocycles. The van der Waals surface area contributed by atoms with Gasteiger partial charge in [0.25, 0.3) is 0 Å². The van der Waals surface area contributed by atoms with E-state index in [-0.39, 0.29) is 12.5 Å². The van der Waals surface area contributed by atoms with Gasteiger partial charge in [-0.05, 0) is 44.2 Å². The van der Waals surface area contributed by atoms with Gasteiger partial charge in [0.15, 0.2) is 0 Å². The smallest absolute Gasteiger partial charge is 0.241 e. The predicted molar refractivity (Wildman–Crippen MR) is 81.7 cm³/mol. The Bertz CT molecular complexity index is 659. The minimum absolute atomic E-state index is 0.0120. The maximum atomic E-state index is 12.0. The number of aromatic nitrogens is 3. The molecule has 0 radical (unpaired) electrons. The van der Waals surface area contributed by atoms with Gasteiger partial charge < -0.3 is 5.32 Å². The molecule has 21 heavy (non-hydrogen) atoms. The van der Waals surface area contributed by atoms with Crippen LogP contribution in [0.2, 0.25) is 0 Å². The molecule has 0 atom stereocenters. The number of carbonyl (C=O) groups is 1. The minimum Gasteiger partial charge on any atom is -0.354 e. The number of fused-ring (bicyclic) bond motifs is 1. The summed E-state index contributed by atoms with van der Waals surface area (Å²) in [6, 6.07) is 7.66. The summed E-state index contributed by atoms with van der Waals surface area (Å²) in [4.78, 5) is 12.0. The predicted octanol–water partition coefficient (Wildman–Crippen LogP) is 2.44. The lowest BCUT2D eigenvalue weighted by Crippen LogP contribution is -2.29. The van der Waals surface area contributed by atoms with Crippen molar-refractivity contribution in [1.82, 2.24) is 20.3 Å². The Hall–Kier alpha value is -2.17. The first-order valence-corrected chi connectivity index (χ1v) is 7.56. The molecule has 0 aliphatic heterocycles. The van der Waals surface area contributed by atoms with Gasteiger partial charge in [0.2, 0.25) is 5.91 Å². The molecular formula is C16H20N4O. The first-order valence-electron chi connectivity index (χ1n) is 7.56. The Kier molecular flexibility index (Phi) is 4.28. The van der Waals surface area contributed by atoms with Crippen LogP contribution in [-0.4, -0.2) is 27.4 Å². The van der Waals surface area contributed by atoms with Gasteiger partial charge in [-0.1, -0.05) is 29.0 Å². The van der Waals surface area contributed by atoms with E-state index in [0.29, 0.717) is 6.54 Å². The number of carbonyl (C=O) groups excluding carboxylic acids is 1. The Labute approximate surface area is 124 Å². The fourth-order valence-electron chi connectivity index (χ4n) is 2.72. The first-order chi connectivity index (χ1) is 10.3. The second-order valence-electron chi connectivity index (χ2n) is 5.44. The summed E-state index contributed by atoms with van der Waals surface area (Å²) in [5, 5.41) is 11.0. The van der Waals surface area contributed by atoms with E-state index in [4.69, 9.17) is 0 Å². The average Bonchev–Trinajstić information content (AvgIpc) is 2.92. The lowest BCUT2D eigenvalue weighted by molar-refractivity contribution is -0.121. The normalized spacial score (nSPS) is 15.0. The van der Waals surface area contributed by atoms with Crippen LogP contribution >= 0.6 is 0 Å². The average molecular weight is 284 g/mol. The Balaban J connectivity index is 1.51. The highest BCUT2D eigenvalue weighted by Gasteiger charge is 2.09. The van der Waals surface area contributed by atoms with E-state index in [1.54, 1.807) is 4.68 Å². The monoisotopic (exact) mass is 284 g/mol. The van der Waals surface area contributed by atoms with Crippen LogP contribution in [0.25, 0.3) is 11.0 Å². The Morgan fingerprint density at radius 3 is 3.05 bits per heavy atom. The molecule has 0 spiro atoms. The van der Waals surface area contributed by atoms with Crippen LogP contribution in [0.15, 0.2) is 35.9 Å². The summed E-state index contributed by atoms with van der Waals surface area (Å²) >= 11 is 0. The van der Waals surface area contributed by atoms with Crippen molar-refractivity contribution in [2.75, 3.05) is 6.54 Å². The number of hydrogen-bond acceptors (Lipinski definition) is 3. The number of amides is 1. The zero-order valence-electron chi connectivity index (χ0n) is 12.1. The number of benzene rings is 1. The van der Waals surface area contributed by atoms with Crippen molar-refractivity contribution in [1.29, 1.82) is 0 Å². The molecule has 1 aliphatic carbocycles. The molecular weight excluding hydrogens is 264 g/mol. The molecule has 0 unspecified atom stereocenters. The van der Waals surface area contributed by atoms with Gasteiger partial charge >= 0.3 is 0 Å². The molecule has 5 heteroatoms. The fraction of sp³-hybridized carbons (Fsp3) is 0.438. The van der Waals surface area contributed by atoms with Gasteiger partial charge in [-0.3, -0.25) is 4.79 Å². The Morgan fingerprint density at radius 1 is 1.29 bits per heavy atom. The van der Waals surface area contributed by atoms with E-state index in [2.05, 4.69) is 21.7 Å². The molecule has 5 nitrogen and oxygen atoms in total. The van der Waals surface area contributed by atoms with Crippen LogP contribution in [0, 0.1) is 0 Å². The largest absolute Gasteiger partial charge is 0.354 e. The van der Waals surface area contributed by atoms with Crippen molar-refractivity contribution in [3.63, 3.8) is 0 Å². The fourth-order valence-corrected chi connectivity index (χ4v) is 2.72. The minimum atomic E-state index is -0.0120. The molecule has 1 heterocycles. The van der Waals surface area contributed by atoms with Crippen LogP contribution in [0.3, 0.4) is 0 Å². The van der Waals surface area contributed by atoms with Crippen molar-refractivity contribution in [3.8, 4) is 0 Å². The van der Waals surface area contributed by atoms with Crippen molar-refractivity contribution < 1.29 is 4.79 Å². The standard InChI is InChI=1S/C16H20N4O/c21-16(17-11-10-13-6-2-1-3-7-13)12-20-15-9-5-4-8-14(15)18-19-20/h4-6,8-9H,1-3,7,10-12H2,(H,17,21). The maximum absolute atomic E-state index is 12.0. The summed E-state index contributed by atoms with van der Waals surface area (Å²) in [5.41, 5.74) is 3.19. The lowest BCUT2D eigenvalue weighted by atomic mass is 9.97. The van der Waals surface area contributed by atoms with E-state index < -0.39 is 0 Å². The third-order valence-corrected chi connectivity index (χ3v) is 3.87. The first kappa shape index (κ1) is 13.8. The van der Waals surface area contributed by atoms with Crippen LogP contribution in [0.1, 0.15) is 32.1 Å². The molecule has 110 valence electrons. The zero-order valence-corrected chi connectivity index (χ0v) is 12.1. The summed E-state index contributed by atoms with van der Waals surface area (Å²) in [7, 11) is 0. The number of nitrogens with zero attached hydrogens (tertiary/aromatic N) is 3. The number of allylic oxidation sites excluding steroid dienone is 1. The number of nitrogens with one attached hydrogen (secondary N) is 1. The third kappa shape index (κ3) is 3.48. The summed E-state index contributed by atoms with van der Waals surface area (Å²) in [5.74, 6) is -0.0120. The number of rotatable bonds is 5. The number of hydrogen-bond donors (Lipinski definition) is 1. The van der Waals surface area contributed by atoms with E-state index in [1.807, 2.05) is 24.3 Å². The number of para-hydroxylation sites is 1. The third-order valence-electron chi connectivity index (χ3n) is 3.87. The SMILES string of the molecule is O=C(Cn1nnc2ccccc21)NCCC1=CCCCC1. The molecule has 2 aromatic rings. The molecule has 3 rings (SSSR count). The van der Waals surface area contributed by atoms with Gasteiger partial charge in [-0.15, -0.1) is 5.10 Å². The highest BCUT2D eigenvalue weighted by Crippen LogP contribution is 2.19. The van der Waals surface area contributed by atoms with Crippen LogP contribution in [0.4, 0.5) is 0 Å². The topological polar surface area (TPSA) is 59.8 Å². The molecule has 1 N–H and O–H groups in total. The highest BCUT2D eigenvalue weighted by atomic mass is 16.2. The zero-order chi connectivity index (χ0) is 14.5. The van der Waals surface area contributed by atoms with E-state index in [1.165, 1.54) is 31.3 Å². The lowest BCUT2D eigenvalue weighted by Gasteiger charge is -2.12. The molecule has 1 aromatic heterocycles. The van der Waals surface area contributed by atoms with E-state index in [9.17, 15) is 4.79 Å². The molecule has 1 amide bonds. The van der Waals surface area contributed by atoms with E-state index >= 15 is 0 Å². The van der Waals surface area contributed by atoms with Crippen molar-refractivity contribution in [2.45, 2.75) is 38.6 Å². The maximum Gasteiger partial charge on any atom is 0.241 e. The van der Waals surface area contributed by atoms with Crippen LogP contribution < -0.4 is 5.32 Å². The van der Waals surface area contributed by atoms with E-state index in [0.717, 1.165) is 17.5 Å². The van der Waals surface area contributed by atoms with Crippen LogP contribution in [-0.2, 0) is 11.3 Å². The van der Waals surface area contributed by atoms with Crippen molar-refractivity contribution >= 4 is 16.9 Å². The second kappa shape index (κ2) is 6.52. The van der Waals surface area contributed by atoms with Crippen molar-refractivity contribution in [2.24, 2.45) is 0 Å². The quantitative estimate of drug-likeness (QED) is 0.858. The molecule has 0 fully saturated rings. The summed E-state index contributed by atoms with van der Waals surface area (Å²) < 4.78 is 1.64.